The Morgan fingerprint density at radius 2 is 1.85 bits per heavy atom. The third-order valence-corrected chi connectivity index (χ3v) is 5.47. The molecule has 130 valence electrons. The first-order valence-electron chi connectivity index (χ1n) is 7.76. The number of hydrogen-bond donors (Lipinski definition) is 1. The van der Waals surface area contributed by atoms with Gasteiger partial charge in [-0.2, -0.15) is 0 Å². The van der Waals surface area contributed by atoms with Crippen LogP contribution in [0.1, 0.15) is 0 Å². The van der Waals surface area contributed by atoms with E-state index in [1.807, 2.05) is 47.8 Å². The first kappa shape index (κ1) is 17.1. The molecular formula is C19H13Cl2N3OS. The Balaban J connectivity index is 1.83. The first-order chi connectivity index (χ1) is 12.7. The lowest BCUT2D eigenvalue weighted by Crippen LogP contribution is -1.99. The van der Waals surface area contributed by atoms with E-state index >= 15 is 0 Å². The van der Waals surface area contributed by atoms with Crippen LogP contribution in [-0.2, 0) is 0 Å². The molecule has 0 aliphatic rings. The number of fused-ring (bicyclic) bond motifs is 1. The molecule has 4 rings (SSSR count). The summed E-state index contributed by atoms with van der Waals surface area (Å²) < 4.78 is 5.20. The number of rotatable bonds is 4. The Labute approximate surface area is 164 Å². The number of hydrogen-bond acceptors (Lipinski definition) is 5. The highest BCUT2D eigenvalue weighted by atomic mass is 35.5. The molecule has 7 heteroatoms. The van der Waals surface area contributed by atoms with Gasteiger partial charge in [-0.1, -0.05) is 35.3 Å². The molecule has 0 spiro atoms. The number of ether oxygens (including phenoxy) is 1. The summed E-state index contributed by atoms with van der Waals surface area (Å²) in [6.45, 7) is 0. The maximum Gasteiger partial charge on any atom is 0.173 e. The molecule has 2 aromatic carbocycles. The second kappa shape index (κ2) is 7.11. The quantitative estimate of drug-likeness (QED) is 0.428. The summed E-state index contributed by atoms with van der Waals surface area (Å²) >= 11 is 14.0. The van der Waals surface area contributed by atoms with E-state index in [1.165, 1.54) is 11.3 Å². The second-order valence-electron chi connectivity index (χ2n) is 5.48. The number of para-hydroxylation sites is 1. The van der Waals surface area contributed by atoms with Crippen LogP contribution in [0.25, 0.3) is 21.6 Å². The molecule has 0 amide bonds. The molecule has 0 bridgehead atoms. The predicted octanol–water partition coefficient (Wildman–Crippen LogP) is 6.42. The summed E-state index contributed by atoms with van der Waals surface area (Å²) in [5.41, 5.74) is 1.65. The highest BCUT2D eigenvalue weighted by Crippen LogP contribution is 2.35. The number of halogens is 2. The average molecular weight is 402 g/mol. The number of nitrogens with one attached hydrogen (secondary N) is 1. The zero-order valence-electron chi connectivity index (χ0n) is 13.7. The van der Waals surface area contributed by atoms with Gasteiger partial charge < -0.3 is 10.1 Å². The maximum atomic E-state index is 6.27. The van der Waals surface area contributed by atoms with Crippen molar-refractivity contribution in [2.24, 2.45) is 0 Å². The lowest BCUT2D eigenvalue weighted by atomic mass is 10.2. The molecule has 4 nitrogen and oxygen atoms in total. The van der Waals surface area contributed by atoms with Crippen molar-refractivity contribution in [2.45, 2.75) is 0 Å². The van der Waals surface area contributed by atoms with E-state index in [9.17, 15) is 0 Å². The van der Waals surface area contributed by atoms with Crippen molar-refractivity contribution >= 4 is 56.9 Å². The maximum absolute atomic E-state index is 6.27. The molecule has 0 aliphatic heterocycles. The molecule has 0 atom stereocenters. The molecule has 2 aromatic heterocycles. The Kier molecular flexibility index (Phi) is 4.68. The molecule has 26 heavy (non-hydrogen) atoms. The molecule has 4 aromatic rings. The number of aromatic nitrogens is 2. The van der Waals surface area contributed by atoms with Gasteiger partial charge >= 0.3 is 0 Å². The average Bonchev–Trinajstić information content (AvgIpc) is 3.08. The second-order valence-corrected chi connectivity index (χ2v) is 7.22. The zero-order valence-corrected chi connectivity index (χ0v) is 16.0. The normalized spacial score (nSPS) is 10.9. The van der Waals surface area contributed by atoms with Gasteiger partial charge in [0.15, 0.2) is 5.82 Å². The fraction of sp³-hybridized carbons (Fsp3) is 0.0526. The van der Waals surface area contributed by atoms with E-state index < -0.39 is 0 Å². The molecule has 0 aliphatic carbocycles. The minimum Gasteiger partial charge on any atom is -0.495 e. The van der Waals surface area contributed by atoms with Crippen LogP contribution in [0.2, 0.25) is 10.0 Å². The monoisotopic (exact) mass is 401 g/mol. The molecular weight excluding hydrogens is 389 g/mol. The third kappa shape index (κ3) is 3.21. The molecule has 0 saturated heterocycles. The highest BCUT2D eigenvalue weighted by molar-refractivity contribution is 7.14. The van der Waals surface area contributed by atoms with Crippen molar-refractivity contribution in [2.75, 3.05) is 12.4 Å². The van der Waals surface area contributed by atoms with Crippen molar-refractivity contribution in [3.05, 3.63) is 64.0 Å². The Morgan fingerprint density at radius 3 is 2.58 bits per heavy atom. The van der Waals surface area contributed by atoms with Crippen LogP contribution in [0.15, 0.2) is 53.9 Å². The standard InChI is InChI=1S/C19H13Cl2N3OS/c1-25-16-7-6-11(10-14(16)21)22-18-12-4-2-3-5-15(12)23-19(24-18)17-13(20)8-9-26-17/h2-10H,1H3,(H,22,23,24). The van der Waals surface area contributed by atoms with Gasteiger partial charge in [0.25, 0.3) is 0 Å². The van der Waals surface area contributed by atoms with Crippen molar-refractivity contribution in [3.63, 3.8) is 0 Å². The van der Waals surface area contributed by atoms with Crippen molar-refractivity contribution < 1.29 is 4.74 Å². The van der Waals surface area contributed by atoms with Crippen molar-refractivity contribution in [3.8, 4) is 16.5 Å². The van der Waals surface area contributed by atoms with Gasteiger partial charge in [0.05, 0.1) is 27.5 Å². The van der Waals surface area contributed by atoms with Crippen molar-refractivity contribution in [1.82, 2.24) is 9.97 Å². The summed E-state index contributed by atoms with van der Waals surface area (Å²) in [4.78, 5) is 10.2. The summed E-state index contributed by atoms with van der Waals surface area (Å²) in [6, 6.07) is 15.2. The minimum atomic E-state index is 0.525. The summed E-state index contributed by atoms with van der Waals surface area (Å²) in [5, 5.41) is 7.34. The van der Waals surface area contributed by atoms with Gasteiger partial charge in [0.1, 0.15) is 11.6 Å². The molecule has 0 radical (unpaired) electrons. The van der Waals surface area contributed by atoms with E-state index in [-0.39, 0.29) is 0 Å². The van der Waals surface area contributed by atoms with Gasteiger partial charge in [-0.3, -0.25) is 0 Å². The number of nitrogens with zero attached hydrogens (tertiary/aromatic N) is 2. The number of thiophene rings is 1. The van der Waals surface area contributed by atoms with E-state index in [1.54, 1.807) is 13.2 Å². The SMILES string of the molecule is COc1ccc(Nc2nc(-c3sccc3Cl)nc3ccccc23)cc1Cl. The number of benzene rings is 2. The molecule has 0 fully saturated rings. The molecule has 0 saturated carbocycles. The van der Waals surface area contributed by atoms with Crippen LogP contribution in [0.4, 0.5) is 11.5 Å². The van der Waals surface area contributed by atoms with Gasteiger partial charge in [-0.25, -0.2) is 9.97 Å². The summed E-state index contributed by atoms with van der Waals surface area (Å²) in [5.74, 6) is 1.90. The lowest BCUT2D eigenvalue weighted by molar-refractivity contribution is 0.415. The minimum absolute atomic E-state index is 0.525. The Morgan fingerprint density at radius 1 is 1.00 bits per heavy atom. The largest absolute Gasteiger partial charge is 0.495 e. The van der Waals surface area contributed by atoms with E-state index in [2.05, 4.69) is 10.3 Å². The topological polar surface area (TPSA) is 47.0 Å². The zero-order chi connectivity index (χ0) is 18.1. The van der Waals surface area contributed by atoms with Gasteiger partial charge in [0.2, 0.25) is 0 Å². The predicted molar refractivity (Wildman–Crippen MR) is 109 cm³/mol. The van der Waals surface area contributed by atoms with Crippen LogP contribution >= 0.6 is 34.5 Å². The number of anilines is 2. The van der Waals surface area contributed by atoms with E-state index in [4.69, 9.17) is 32.9 Å². The summed E-state index contributed by atoms with van der Waals surface area (Å²) in [6.07, 6.45) is 0. The van der Waals surface area contributed by atoms with Crippen molar-refractivity contribution in [1.29, 1.82) is 0 Å². The molecule has 1 N–H and O–H groups in total. The third-order valence-electron chi connectivity index (χ3n) is 3.84. The van der Waals surface area contributed by atoms with E-state index in [0.29, 0.717) is 27.4 Å². The Hall–Kier alpha value is -2.34. The lowest BCUT2D eigenvalue weighted by Gasteiger charge is -2.12. The fourth-order valence-electron chi connectivity index (χ4n) is 2.61. The van der Waals surface area contributed by atoms with Gasteiger partial charge in [-0.15, -0.1) is 11.3 Å². The van der Waals surface area contributed by atoms with Crippen LogP contribution in [-0.4, -0.2) is 17.1 Å². The van der Waals surface area contributed by atoms with Crippen LogP contribution < -0.4 is 10.1 Å². The highest BCUT2D eigenvalue weighted by Gasteiger charge is 2.13. The summed E-state index contributed by atoms with van der Waals surface area (Å²) in [7, 11) is 1.59. The first-order valence-corrected chi connectivity index (χ1v) is 9.40. The van der Waals surface area contributed by atoms with E-state index in [0.717, 1.165) is 21.5 Å². The fourth-order valence-corrected chi connectivity index (χ4v) is 3.94. The van der Waals surface area contributed by atoms with Gasteiger partial charge in [0, 0.05) is 11.1 Å². The molecule has 2 heterocycles. The van der Waals surface area contributed by atoms with Crippen LogP contribution in [0.5, 0.6) is 5.75 Å². The van der Waals surface area contributed by atoms with Gasteiger partial charge in [-0.05, 0) is 41.8 Å². The molecule has 0 unspecified atom stereocenters. The smallest absolute Gasteiger partial charge is 0.173 e. The number of methoxy groups -OCH3 is 1. The van der Waals surface area contributed by atoms with Crippen LogP contribution in [0, 0.1) is 0 Å². The Bertz CT molecular complexity index is 1100. The van der Waals surface area contributed by atoms with Crippen LogP contribution in [0.3, 0.4) is 0 Å².